The van der Waals surface area contributed by atoms with Gasteiger partial charge in [0.1, 0.15) is 5.75 Å². The number of phenols is 1. The lowest BCUT2D eigenvalue weighted by molar-refractivity contribution is -0.143. The molecule has 2 aliphatic carbocycles. The molecule has 318 valence electrons. The van der Waals surface area contributed by atoms with Crippen molar-refractivity contribution in [3.63, 3.8) is 0 Å². The van der Waals surface area contributed by atoms with Crippen LogP contribution in [0.2, 0.25) is 10.0 Å². The van der Waals surface area contributed by atoms with Crippen LogP contribution in [0.3, 0.4) is 0 Å². The zero-order valence-electron chi connectivity index (χ0n) is 31.5. The Morgan fingerprint density at radius 3 is 2.07 bits per heavy atom. The zero-order chi connectivity index (χ0) is 44.1. The number of rotatable bonds is 7. The van der Waals surface area contributed by atoms with E-state index < -0.39 is 93.5 Å². The molecule has 2 heterocycles. The van der Waals surface area contributed by atoms with Crippen LogP contribution in [-0.4, -0.2) is 48.0 Å². The van der Waals surface area contributed by atoms with Gasteiger partial charge in [-0.15, -0.1) is 0 Å². The molecular weight excluding hydrogens is 923 g/mol. The van der Waals surface area contributed by atoms with Crippen LogP contribution in [0.15, 0.2) is 88.9 Å². The van der Waals surface area contributed by atoms with Crippen molar-refractivity contribution in [1.29, 1.82) is 0 Å². The number of carbonyl (C=O) groups excluding carboxylic acids is 4. The first kappa shape index (κ1) is 42.4. The van der Waals surface area contributed by atoms with E-state index in [0.29, 0.717) is 32.8 Å². The molecule has 4 amide bonds. The van der Waals surface area contributed by atoms with Gasteiger partial charge in [0.15, 0.2) is 11.5 Å². The van der Waals surface area contributed by atoms with Crippen LogP contribution >= 0.6 is 39.1 Å². The number of alkyl halides is 6. The number of ether oxygens (including phenoxy) is 2. The predicted octanol–water partition coefficient (Wildman–Crippen LogP) is 9.71. The fraction of sp³-hybridized carbons (Fsp3) is 0.286. The average Bonchev–Trinajstić information content (AvgIpc) is 3.59. The number of nitrogens with zero attached hydrogens (tertiary/aromatic N) is 2. The summed E-state index contributed by atoms with van der Waals surface area (Å²) in [6.45, 7) is 0. The van der Waals surface area contributed by atoms with Crippen molar-refractivity contribution in [2.75, 3.05) is 24.5 Å². The molecule has 1 saturated carbocycles. The van der Waals surface area contributed by atoms with Crippen LogP contribution in [0.25, 0.3) is 0 Å². The molecule has 4 aromatic rings. The van der Waals surface area contributed by atoms with E-state index in [1.54, 1.807) is 30.3 Å². The van der Waals surface area contributed by atoms with E-state index in [-0.39, 0.29) is 51.5 Å². The number of methoxy groups -OCH3 is 2. The standard InChI is InChI=1S/C42H30BrCl2F6N3O7/c1-60-24-6-3-18(4-7-24)40-29(37(57)54(39(40)59)52-31-10-5-22(44)16-30(31)45)17-27-25(34(40)28-14-21(43)15-32(61-2)35(28)55)8-9-26-33(27)38(58)53(36(26)56)23-12-19(41(46,47)48)11-20(13-23)42(49,50)51/h3-8,10-16,26-27,29,33-34,52,55H,9,17H2,1-2H3. The van der Waals surface area contributed by atoms with Crippen LogP contribution in [0, 0.1) is 23.7 Å². The Morgan fingerprint density at radius 2 is 1.48 bits per heavy atom. The molecule has 4 aliphatic rings. The first-order valence-corrected chi connectivity index (χ1v) is 20.0. The summed E-state index contributed by atoms with van der Waals surface area (Å²) in [4.78, 5) is 59.7. The quantitative estimate of drug-likeness (QED) is 0.107. The number of carbonyl (C=O) groups is 4. The zero-order valence-corrected chi connectivity index (χ0v) is 34.6. The molecule has 6 atom stereocenters. The third kappa shape index (κ3) is 6.70. The van der Waals surface area contributed by atoms with E-state index in [9.17, 15) is 41.0 Å². The summed E-state index contributed by atoms with van der Waals surface area (Å²) >= 11 is 16.1. The molecule has 2 aliphatic heterocycles. The number of allylic oxidation sites excluding steroid dienone is 2. The number of anilines is 2. The Hall–Kier alpha value is -5.26. The maximum Gasteiger partial charge on any atom is 0.416 e. The number of aromatic hydroxyl groups is 1. The molecule has 4 aromatic carbocycles. The van der Waals surface area contributed by atoms with Crippen molar-refractivity contribution >= 4 is 74.1 Å². The molecular formula is C42H30BrCl2F6N3O7. The fourth-order valence-corrected chi connectivity index (χ4v) is 10.4. The van der Waals surface area contributed by atoms with Gasteiger partial charge in [-0.3, -0.25) is 24.6 Å². The minimum Gasteiger partial charge on any atom is -0.504 e. The Balaban J connectivity index is 1.34. The van der Waals surface area contributed by atoms with Gasteiger partial charge in [0, 0.05) is 21.0 Å². The fourth-order valence-electron chi connectivity index (χ4n) is 9.48. The molecule has 2 N–H and O–H groups in total. The Bertz CT molecular complexity index is 2540. The Kier molecular flexibility index (Phi) is 10.4. The second kappa shape index (κ2) is 15.0. The van der Waals surface area contributed by atoms with Crippen LogP contribution in [0.4, 0.5) is 37.7 Å². The van der Waals surface area contributed by atoms with Gasteiger partial charge in [0.05, 0.1) is 64.9 Å². The monoisotopic (exact) mass is 951 g/mol. The largest absolute Gasteiger partial charge is 0.504 e. The lowest BCUT2D eigenvalue weighted by Gasteiger charge is -2.50. The first-order chi connectivity index (χ1) is 28.7. The van der Waals surface area contributed by atoms with Gasteiger partial charge in [0.2, 0.25) is 11.8 Å². The summed E-state index contributed by atoms with van der Waals surface area (Å²) in [5, 5.41) is 13.0. The number of fused-ring (bicyclic) bond motifs is 4. The Morgan fingerprint density at radius 1 is 0.820 bits per heavy atom. The van der Waals surface area contributed by atoms with Crippen molar-refractivity contribution in [3.05, 3.63) is 121 Å². The lowest BCUT2D eigenvalue weighted by atomic mass is 9.49. The van der Waals surface area contributed by atoms with Crippen molar-refractivity contribution in [2.24, 2.45) is 23.7 Å². The molecule has 10 nitrogen and oxygen atoms in total. The average molecular weight is 954 g/mol. The van der Waals surface area contributed by atoms with Gasteiger partial charge in [-0.25, -0.2) is 4.90 Å². The van der Waals surface area contributed by atoms with Crippen molar-refractivity contribution in [1.82, 2.24) is 5.01 Å². The summed E-state index contributed by atoms with van der Waals surface area (Å²) in [5.74, 6) is -10.3. The van der Waals surface area contributed by atoms with Gasteiger partial charge < -0.3 is 14.6 Å². The normalized spacial score (nSPS) is 25.0. The Labute approximate surface area is 361 Å². The van der Waals surface area contributed by atoms with E-state index >= 15 is 9.59 Å². The van der Waals surface area contributed by atoms with E-state index in [4.69, 9.17) is 32.7 Å². The summed E-state index contributed by atoms with van der Waals surface area (Å²) in [6.07, 6.45) is -9.50. The summed E-state index contributed by atoms with van der Waals surface area (Å²) < 4.78 is 95.2. The van der Waals surface area contributed by atoms with Crippen LogP contribution in [0.5, 0.6) is 17.2 Å². The van der Waals surface area contributed by atoms with E-state index in [0.717, 1.165) is 5.01 Å². The highest BCUT2D eigenvalue weighted by molar-refractivity contribution is 9.10. The molecule has 61 heavy (non-hydrogen) atoms. The number of hydrogen-bond acceptors (Lipinski definition) is 8. The van der Waals surface area contributed by atoms with Gasteiger partial charge in [-0.1, -0.05) is 62.9 Å². The summed E-state index contributed by atoms with van der Waals surface area (Å²) in [7, 11) is 2.72. The van der Waals surface area contributed by atoms with Crippen molar-refractivity contribution < 1.29 is 60.1 Å². The number of hydrogen-bond donors (Lipinski definition) is 2. The molecule has 3 fully saturated rings. The van der Waals surface area contributed by atoms with E-state index in [1.807, 2.05) is 0 Å². The minimum atomic E-state index is -5.27. The lowest BCUT2D eigenvalue weighted by Crippen LogP contribution is -2.53. The maximum absolute atomic E-state index is 15.5. The maximum atomic E-state index is 15.5. The molecule has 0 bridgehead atoms. The number of amides is 4. The topological polar surface area (TPSA) is 125 Å². The highest BCUT2D eigenvalue weighted by Crippen LogP contribution is 2.66. The smallest absolute Gasteiger partial charge is 0.416 e. The number of benzene rings is 4. The molecule has 0 radical (unpaired) electrons. The number of halogens is 9. The van der Waals surface area contributed by atoms with Crippen LogP contribution < -0.4 is 19.8 Å². The van der Waals surface area contributed by atoms with Crippen molar-refractivity contribution in [2.45, 2.75) is 36.5 Å². The molecule has 0 spiro atoms. The van der Waals surface area contributed by atoms with Gasteiger partial charge in [-0.2, -0.15) is 31.4 Å². The second-order valence-corrected chi connectivity index (χ2v) is 16.8. The van der Waals surface area contributed by atoms with Crippen LogP contribution in [-0.2, 0) is 36.9 Å². The predicted molar refractivity (Wildman–Crippen MR) is 212 cm³/mol. The molecule has 8 rings (SSSR count). The number of phenolic OH excluding ortho intramolecular Hbond substituents is 1. The molecule has 2 saturated heterocycles. The van der Waals surface area contributed by atoms with Crippen LogP contribution in [0.1, 0.15) is 41.0 Å². The van der Waals surface area contributed by atoms with E-state index in [2.05, 4.69) is 21.4 Å². The molecule has 6 unspecified atom stereocenters. The second-order valence-electron chi connectivity index (χ2n) is 15.0. The van der Waals surface area contributed by atoms with Crippen molar-refractivity contribution in [3.8, 4) is 17.2 Å². The SMILES string of the molecule is COc1ccc(C23C(=O)N(Nc4ccc(Cl)cc4Cl)C(=O)C2CC2C(=CCC4C(=O)N(c5cc(C(F)(F)F)cc(C(F)(F)F)c5)C(=O)C42)C3c2cc(Br)cc(OC)c2O)cc1. The third-order valence-electron chi connectivity index (χ3n) is 12.0. The molecule has 19 heteroatoms. The highest BCUT2D eigenvalue weighted by atomic mass is 79.9. The number of hydrazine groups is 1. The van der Waals surface area contributed by atoms with Gasteiger partial charge in [0.25, 0.3) is 11.8 Å². The summed E-state index contributed by atoms with van der Waals surface area (Å²) in [6, 6.07) is 14.1. The molecule has 0 aromatic heterocycles. The number of nitrogens with one attached hydrogen (secondary N) is 1. The summed E-state index contributed by atoms with van der Waals surface area (Å²) in [5.41, 5.74) is -2.70. The highest BCUT2D eigenvalue weighted by Gasteiger charge is 2.71. The van der Waals surface area contributed by atoms with E-state index in [1.165, 1.54) is 44.6 Å². The minimum absolute atomic E-state index is 0.0368. The van der Waals surface area contributed by atoms with Gasteiger partial charge >= 0.3 is 12.4 Å². The number of imide groups is 2. The third-order valence-corrected chi connectivity index (χ3v) is 13.0. The van der Waals surface area contributed by atoms with Gasteiger partial charge in [-0.05, 0) is 85.0 Å². The first-order valence-electron chi connectivity index (χ1n) is 18.4.